The van der Waals surface area contributed by atoms with E-state index in [9.17, 15) is 0 Å². The zero-order chi connectivity index (χ0) is 33.5. The van der Waals surface area contributed by atoms with Gasteiger partial charge in [0.25, 0.3) is 0 Å². The summed E-state index contributed by atoms with van der Waals surface area (Å²) in [5, 5.41) is 10.6. The molecule has 7 aromatic carbocycles. The summed E-state index contributed by atoms with van der Waals surface area (Å²) in [7, 11) is 0. The van der Waals surface area contributed by atoms with Gasteiger partial charge in [0.1, 0.15) is 23.2 Å². The van der Waals surface area contributed by atoms with Crippen LogP contribution in [0.4, 0.5) is 0 Å². The highest BCUT2D eigenvalue weighted by molar-refractivity contribution is 7.25. The zero-order valence-electron chi connectivity index (χ0n) is 27.2. The number of nitrogens with one attached hydrogen (secondary N) is 1. The first kappa shape index (κ1) is 28.3. The van der Waals surface area contributed by atoms with Gasteiger partial charge >= 0.3 is 0 Å². The molecule has 10 aromatic rings. The van der Waals surface area contributed by atoms with Gasteiger partial charge in [-0.05, 0) is 54.1 Å². The number of aliphatic imine (C=N–C) groups is 2. The van der Waals surface area contributed by atoms with Gasteiger partial charge in [0.05, 0.1) is 11.0 Å². The highest BCUT2D eigenvalue weighted by Gasteiger charge is 2.24. The Morgan fingerprint density at radius 1 is 0.569 bits per heavy atom. The minimum Gasteiger partial charge on any atom is -0.456 e. The normalized spacial score (nSPS) is 14.9. The largest absolute Gasteiger partial charge is 0.456 e. The number of thiophene rings is 1. The van der Waals surface area contributed by atoms with Gasteiger partial charge in [0, 0.05) is 58.5 Å². The van der Waals surface area contributed by atoms with Crippen LogP contribution in [-0.2, 0) is 0 Å². The number of amidine groups is 2. The van der Waals surface area contributed by atoms with E-state index in [4.69, 9.17) is 14.4 Å². The molecule has 11 rings (SSSR count). The van der Waals surface area contributed by atoms with Crippen molar-refractivity contribution in [2.45, 2.75) is 6.17 Å². The number of rotatable bonds is 4. The summed E-state index contributed by atoms with van der Waals surface area (Å²) in [5.74, 6) is 1.48. The highest BCUT2D eigenvalue weighted by atomic mass is 32.1. The van der Waals surface area contributed by atoms with E-state index in [-0.39, 0.29) is 6.17 Å². The quantitative estimate of drug-likeness (QED) is 0.202. The number of benzene rings is 7. The number of para-hydroxylation sites is 2. The van der Waals surface area contributed by atoms with Crippen LogP contribution < -0.4 is 5.32 Å². The molecule has 0 bridgehead atoms. The lowest BCUT2D eigenvalue weighted by molar-refractivity contribution is 0.669. The van der Waals surface area contributed by atoms with Crippen LogP contribution in [0.15, 0.2) is 172 Å². The number of nitrogens with zero attached hydrogens (tertiary/aromatic N) is 3. The van der Waals surface area contributed by atoms with Crippen molar-refractivity contribution in [3.63, 3.8) is 0 Å². The summed E-state index contributed by atoms with van der Waals surface area (Å²) < 4.78 is 11.5. The number of aromatic nitrogens is 1. The topological polar surface area (TPSA) is 54.8 Å². The highest BCUT2D eigenvalue weighted by Crippen LogP contribution is 2.42. The second-order valence-electron chi connectivity index (χ2n) is 13.0. The van der Waals surface area contributed by atoms with Gasteiger partial charge in [-0.15, -0.1) is 11.3 Å². The van der Waals surface area contributed by atoms with Crippen LogP contribution in [0, 0.1) is 0 Å². The van der Waals surface area contributed by atoms with E-state index in [1.54, 1.807) is 0 Å². The van der Waals surface area contributed by atoms with Crippen molar-refractivity contribution in [2.24, 2.45) is 9.98 Å². The van der Waals surface area contributed by atoms with Crippen LogP contribution in [0.1, 0.15) is 22.9 Å². The number of fused-ring (bicyclic) bond motifs is 9. The Bertz CT molecular complexity index is 3010. The molecule has 1 N–H and O–H groups in total. The molecule has 1 unspecified atom stereocenters. The first-order valence-electron chi connectivity index (χ1n) is 17.1. The predicted molar refractivity (Wildman–Crippen MR) is 213 cm³/mol. The Kier molecular flexibility index (Phi) is 6.12. The van der Waals surface area contributed by atoms with Crippen molar-refractivity contribution in [3.05, 3.63) is 174 Å². The molecule has 1 aliphatic rings. The van der Waals surface area contributed by atoms with E-state index >= 15 is 0 Å². The lowest BCUT2D eigenvalue weighted by Crippen LogP contribution is -2.33. The van der Waals surface area contributed by atoms with Gasteiger partial charge < -0.3 is 14.3 Å². The fraction of sp³-hybridized carbons (Fsp3) is 0.0222. The molecule has 4 heterocycles. The number of furan rings is 1. The molecule has 0 radical (unpaired) electrons. The molecule has 1 aliphatic heterocycles. The molecule has 51 heavy (non-hydrogen) atoms. The van der Waals surface area contributed by atoms with Crippen molar-refractivity contribution in [2.75, 3.05) is 0 Å². The van der Waals surface area contributed by atoms with Gasteiger partial charge in [-0.1, -0.05) is 109 Å². The second kappa shape index (κ2) is 11.0. The summed E-state index contributed by atoms with van der Waals surface area (Å²) in [6, 6.07) is 55.5. The minimum absolute atomic E-state index is 0.277. The monoisotopic (exact) mass is 672 g/mol. The molecule has 0 aliphatic carbocycles. The summed E-state index contributed by atoms with van der Waals surface area (Å²) in [6.07, 6.45) is -0.277. The van der Waals surface area contributed by atoms with Crippen LogP contribution in [0.5, 0.6) is 0 Å². The minimum atomic E-state index is -0.277. The fourth-order valence-corrected chi connectivity index (χ4v) is 8.83. The molecular formula is C45H28N4OS. The second-order valence-corrected chi connectivity index (χ2v) is 14.1. The molecule has 6 heteroatoms. The summed E-state index contributed by atoms with van der Waals surface area (Å²) in [6.45, 7) is 0. The molecule has 0 spiro atoms. The maximum atomic E-state index is 6.63. The zero-order valence-corrected chi connectivity index (χ0v) is 28.1. The predicted octanol–water partition coefficient (Wildman–Crippen LogP) is 11.5. The van der Waals surface area contributed by atoms with Gasteiger partial charge in [-0.2, -0.15) is 0 Å². The van der Waals surface area contributed by atoms with E-state index in [2.05, 4.69) is 119 Å². The lowest BCUT2D eigenvalue weighted by Gasteiger charge is -2.23. The average Bonchev–Trinajstić information content (AvgIpc) is 3.86. The number of hydrogen-bond acceptors (Lipinski definition) is 5. The van der Waals surface area contributed by atoms with Crippen LogP contribution in [0.3, 0.4) is 0 Å². The van der Waals surface area contributed by atoms with Crippen molar-refractivity contribution in [1.82, 2.24) is 9.88 Å². The van der Waals surface area contributed by atoms with Crippen LogP contribution in [0.25, 0.3) is 69.6 Å². The van der Waals surface area contributed by atoms with E-state index in [1.807, 2.05) is 59.9 Å². The average molecular weight is 673 g/mol. The standard InChI is InChI=1S/C45H28N4OS/c1-3-12-27(13-4-1)43-46-44(28-14-5-2-6-15-28)48-45(47-43)32-18-11-21-38-42(32)35-26-41-34(25-39(35)50-38)33-24-29(22-23-40(33)51-41)49-36-19-9-7-16-30(36)31-17-8-10-20-37(31)49/h1-26,43H,(H,46,47,48). The van der Waals surface area contributed by atoms with Gasteiger partial charge in [0.2, 0.25) is 0 Å². The molecule has 0 amide bonds. The summed E-state index contributed by atoms with van der Waals surface area (Å²) >= 11 is 1.82. The van der Waals surface area contributed by atoms with Crippen LogP contribution in [0.2, 0.25) is 0 Å². The van der Waals surface area contributed by atoms with E-state index in [1.165, 1.54) is 42.0 Å². The molecule has 5 nitrogen and oxygen atoms in total. The molecule has 0 fully saturated rings. The maximum Gasteiger partial charge on any atom is 0.160 e. The molecule has 1 atom stereocenters. The van der Waals surface area contributed by atoms with Crippen LogP contribution in [-0.4, -0.2) is 16.2 Å². The van der Waals surface area contributed by atoms with Crippen molar-refractivity contribution in [3.8, 4) is 5.69 Å². The Balaban J connectivity index is 1.10. The Morgan fingerprint density at radius 2 is 1.27 bits per heavy atom. The Hall–Kier alpha value is -6.50. The molecule has 0 saturated heterocycles. The summed E-state index contributed by atoms with van der Waals surface area (Å²) in [5.41, 5.74) is 8.29. The van der Waals surface area contributed by atoms with E-state index in [0.717, 1.165) is 50.2 Å². The lowest BCUT2D eigenvalue weighted by atomic mass is 10.0. The molecule has 0 saturated carbocycles. The third-order valence-corrected chi connectivity index (χ3v) is 11.2. The summed E-state index contributed by atoms with van der Waals surface area (Å²) in [4.78, 5) is 10.3. The van der Waals surface area contributed by atoms with Gasteiger partial charge in [0.15, 0.2) is 5.84 Å². The molecule has 240 valence electrons. The smallest absolute Gasteiger partial charge is 0.160 e. The Morgan fingerprint density at radius 3 is 2.06 bits per heavy atom. The van der Waals surface area contributed by atoms with E-state index < -0.39 is 0 Å². The first-order valence-corrected chi connectivity index (χ1v) is 17.9. The fourth-order valence-electron chi connectivity index (χ4n) is 7.73. The first-order chi connectivity index (χ1) is 25.3. The molecular weight excluding hydrogens is 645 g/mol. The number of hydrogen-bond donors (Lipinski definition) is 1. The maximum absolute atomic E-state index is 6.63. The molecule has 3 aromatic heterocycles. The third-order valence-electron chi connectivity index (χ3n) is 10.1. The van der Waals surface area contributed by atoms with Gasteiger partial charge in [-0.3, -0.25) is 0 Å². The van der Waals surface area contributed by atoms with Crippen molar-refractivity contribution >= 4 is 86.9 Å². The Labute approximate surface area is 296 Å². The van der Waals surface area contributed by atoms with Crippen molar-refractivity contribution < 1.29 is 4.42 Å². The SMILES string of the molecule is c1ccc(C2=NC(c3cccc4oc5cc6c(cc5c34)sc3ccc(-n4c5ccccc5c5ccccc54)cc36)=NC(c3ccccc3)N2)cc1. The van der Waals surface area contributed by atoms with Crippen molar-refractivity contribution in [1.29, 1.82) is 0 Å². The third kappa shape index (κ3) is 4.40. The van der Waals surface area contributed by atoms with E-state index in [0.29, 0.717) is 5.84 Å². The van der Waals surface area contributed by atoms with Crippen LogP contribution >= 0.6 is 11.3 Å². The van der Waals surface area contributed by atoms with Gasteiger partial charge in [-0.25, -0.2) is 9.98 Å².